The summed E-state index contributed by atoms with van der Waals surface area (Å²) in [6, 6.07) is 12.9. The van der Waals surface area contributed by atoms with E-state index in [1.165, 1.54) is 21.4 Å². The van der Waals surface area contributed by atoms with Crippen LogP contribution in [0.15, 0.2) is 40.7 Å². The van der Waals surface area contributed by atoms with Crippen LogP contribution in [0.2, 0.25) is 0 Å². The number of thioether (sulfide) groups is 1. The lowest BCUT2D eigenvalue weighted by Crippen LogP contribution is -2.49. The van der Waals surface area contributed by atoms with Crippen molar-refractivity contribution in [3.63, 3.8) is 0 Å². The number of thiazole rings is 1. The van der Waals surface area contributed by atoms with Crippen LogP contribution in [0.3, 0.4) is 0 Å². The molecule has 0 bridgehead atoms. The summed E-state index contributed by atoms with van der Waals surface area (Å²) in [5.74, 6) is 2.32. The summed E-state index contributed by atoms with van der Waals surface area (Å²) in [6.07, 6.45) is 0. The number of nitrogens with one attached hydrogen (secondary N) is 1. The fraction of sp³-hybridized carbons (Fsp3) is 0.533. The number of carbonyl (C=O) groups is 1. The molecule has 0 radical (unpaired) electrons. The van der Waals surface area contributed by atoms with Crippen LogP contribution in [-0.4, -0.2) is 65.7 Å². The minimum atomic E-state index is 0.0981. The van der Waals surface area contributed by atoms with Crippen molar-refractivity contribution in [2.24, 2.45) is 0 Å². The van der Waals surface area contributed by atoms with Crippen molar-refractivity contribution >= 4 is 44.9 Å². The zero-order valence-electron chi connectivity index (χ0n) is 23.2. The van der Waals surface area contributed by atoms with Gasteiger partial charge in [0, 0.05) is 44.2 Å². The Kier molecular flexibility index (Phi) is 9.67. The average molecular weight is 539 g/mol. The number of para-hydroxylation sites is 1. The Morgan fingerprint density at radius 3 is 2.16 bits per heavy atom. The highest BCUT2D eigenvalue weighted by Gasteiger charge is 2.22. The second-order valence-electron chi connectivity index (χ2n) is 11.0. The van der Waals surface area contributed by atoms with Gasteiger partial charge in [0.25, 0.3) is 0 Å². The van der Waals surface area contributed by atoms with Gasteiger partial charge in [0.1, 0.15) is 0 Å². The van der Waals surface area contributed by atoms with E-state index in [4.69, 9.17) is 4.98 Å². The number of nitrogens with zero attached hydrogens (tertiary/aromatic N) is 3. The second-order valence-corrected chi connectivity index (χ2v) is 13.4. The highest BCUT2D eigenvalue weighted by Crippen LogP contribution is 2.36. The van der Waals surface area contributed by atoms with Crippen molar-refractivity contribution in [2.45, 2.75) is 63.6 Å². The highest BCUT2D eigenvalue weighted by molar-refractivity contribution is 8.01. The Labute approximate surface area is 231 Å². The summed E-state index contributed by atoms with van der Waals surface area (Å²) in [6.45, 7) is 18.7. The van der Waals surface area contributed by atoms with Crippen molar-refractivity contribution in [3.8, 4) is 0 Å². The predicted molar refractivity (Wildman–Crippen MR) is 161 cm³/mol. The summed E-state index contributed by atoms with van der Waals surface area (Å²) < 4.78 is 2.41. The second kappa shape index (κ2) is 12.7. The summed E-state index contributed by atoms with van der Waals surface area (Å²) in [7, 11) is 0. The van der Waals surface area contributed by atoms with Gasteiger partial charge in [-0.15, -0.1) is 11.3 Å². The molecule has 1 amide bonds. The lowest BCUT2D eigenvalue weighted by molar-refractivity contribution is -0.117. The Morgan fingerprint density at radius 2 is 1.57 bits per heavy atom. The summed E-state index contributed by atoms with van der Waals surface area (Å²) >= 11 is 3.63. The molecule has 0 atom stereocenters. The Morgan fingerprint density at radius 1 is 0.946 bits per heavy atom. The normalized spacial score (nSPS) is 15.4. The van der Waals surface area contributed by atoms with Crippen LogP contribution < -0.4 is 5.32 Å². The van der Waals surface area contributed by atoms with Gasteiger partial charge in [-0.3, -0.25) is 14.6 Å². The number of fused-ring (bicyclic) bond motifs is 1. The van der Waals surface area contributed by atoms with Crippen LogP contribution in [0.1, 0.15) is 76.0 Å². The zero-order chi connectivity index (χ0) is 26.5. The minimum absolute atomic E-state index is 0.0981. The molecule has 0 aliphatic carbocycles. The molecular weight excluding hydrogens is 496 g/mol. The molecule has 37 heavy (non-hydrogen) atoms. The van der Waals surface area contributed by atoms with Gasteiger partial charge in [0.05, 0.1) is 16.8 Å². The average Bonchev–Trinajstić information content (AvgIpc) is 3.27. The number of amides is 1. The number of benzene rings is 2. The van der Waals surface area contributed by atoms with Crippen molar-refractivity contribution in [1.82, 2.24) is 14.8 Å². The van der Waals surface area contributed by atoms with E-state index in [9.17, 15) is 4.79 Å². The van der Waals surface area contributed by atoms with Gasteiger partial charge < -0.3 is 5.32 Å². The Hall–Kier alpha value is -1.93. The molecule has 1 aromatic heterocycles. The monoisotopic (exact) mass is 538 g/mol. The first-order valence-electron chi connectivity index (χ1n) is 13.6. The quantitative estimate of drug-likeness (QED) is 0.281. The Balaban J connectivity index is 1.28. The lowest BCUT2D eigenvalue weighted by atomic mass is 9.87. The molecule has 0 spiro atoms. The van der Waals surface area contributed by atoms with Crippen LogP contribution in [0.4, 0.5) is 5.69 Å². The third-order valence-electron chi connectivity index (χ3n) is 7.14. The molecule has 5 nitrogen and oxygen atoms in total. The molecule has 1 N–H and O–H groups in total. The van der Waals surface area contributed by atoms with Crippen LogP contribution in [0.5, 0.6) is 0 Å². The highest BCUT2D eigenvalue weighted by atomic mass is 32.2. The molecule has 4 rings (SSSR count). The van der Waals surface area contributed by atoms with Gasteiger partial charge in [-0.25, -0.2) is 4.98 Å². The van der Waals surface area contributed by atoms with E-state index < -0.39 is 0 Å². The van der Waals surface area contributed by atoms with E-state index >= 15 is 0 Å². The topological polar surface area (TPSA) is 48.5 Å². The smallest absolute Gasteiger partial charge is 0.238 e. The zero-order valence-corrected chi connectivity index (χ0v) is 24.8. The van der Waals surface area contributed by atoms with E-state index in [0.29, 0.717) is 24.3 Å². The number of hydrogen-bond donors (Lipinski definition) is 1. The first-order valence-corrected chi connectivity index (χ1v) is 15.4. The first-order chi connectivity index (χ1) is 17.7. The third kappa shape index (κ3) is 7.34. The van der Waals surface area contributed by atoms with Gasteiger partial charge in [-0.05, 0) is 46.6 Å². The molecule has 0 saturated carbocycles. The molecule has 2 aromatic carbocycles. The number of aromatic nitrogens is 1. The van der Waals surface area contributed by atoms with E-state index in [-0.39, 0.29) is 5.91 Å². The first kappa shape index (κ1) is 28.1. The van der Waals surface area contributed by atoms with Crippen LogP contribution in [-0.2, 0) is 4.79 Å². The van der Waals surface area contributed by atoms with Gasteiger partial charge in [-0.2, -0.15) is 0 Å². The molecule has 7 heteroatoms. The standard InChI is InChI=1S/C30H42N4OS2/c1-20(2)23-17-24(21(3)4)29(25(18-23)22(5)6)32-28(35)19-34-13-11-33(12-14-34)15-16-36-30-31-26-9-7-8-10-27(26)37-30/h7-10,17-18,20-22H,11-16,19H2,1-6H3,(H,32,35). The van der Waals surface area contributed by atoms with E-state index in [0.717, 1.165) is 54.0 Å². The number of piperazine rings is 1. The predicted octanol–water partition coefficient (Wildman–Crippen LogP) is 7.01. The maximum atomic E-state index is 13.2. The van der Waals surface area contributed by atoms with Crippen molar-refractivity contribution in [1.29, 1.82) is 0 Å². The molecule has 1 fully saturated rings. The van der Waals surface area contributed by atoms with Crippen LogP contribution >= 0.6 is 23.1 Å². The number of anilines is 1. The molecule has 3 aromatic rings. The minimum Gasteiger partial charge on any atom is -0.324 e. The van der Waals surface area contributed by atoms with Gasteiger partial charge in [-0.1, -0.05) is 77.6 Å². The van der Waals surface area contributed by atoms with Crippen LogP contribution in [0, 0.1) is 0 Å². The molecule has 0 unspecified atom stereocenters. The summed E-state index contributed by atoms with van der Waals surface area (Å²) in [5, 5.41) is 3.33. The van der Waals surface area contributed by atoms with Gasteiger partial charge >= 0.3 is 0 Å². The van der Waals surface area contributed by atoms with Crippen molar-refractivity contribution in [3.05, 3.63) is 53.1 Å². The summed E-state index contributed by atoms with van der Waals surface area (Å²) in [5.41, 5.74) is 5.98. The lowest BCUT2D eigenvalue weighted by Gasteiger charge is -2.34. The van der Waals surface area contributed by atoms with Crippen LogP contribution in [0.25, 0.3) is 10.2 Å². The van der Waals surface area contributed by atoms with E-state index in [2.05, 4.69) is 87.0 Å². The molecular formula is C30H42N4OS2. The maximum Gasteiger partial charge on any atom is 0.238 e. The molecule has 1 saturated heterocycles. The fourth-order valence-corrected chi connectivity index (χ4v) is 6.97. The SMILES string of the molecule is CC(C)c1cc(C(C)C)c(NC(=O)CN2CCN(CCSc3nc4ccccc4s3)CC2)c(C(C)C)c1. The summed E-state index contributed by atoms with van der Waals surface area (Å²) in [4.78, 5) is 22.7. The third-order valence-corrected chi connectivity index (χ3v) is 9.30. The number of rotatable bonds is 10. The largest absolute Gasteiger partial charge is 0.324 e. The molecule has 200 valence electrons. The van der Waals surface area contributed by atoms with Crippen molar-refractivity contribution < 1.29 is 4.79 Å². The Bertz CT molecular complexity index is 1130. The van der Waals surface area contributed by atoms with Gasteiger partial charge in [0.2, 0.25) is 5.91 Å². The van der Waals surface area contributed by atoms with Crippen molar-refractivity contribution in [2.75, 3.05) is 50.3 Å². The molecule has 1 aliphatic rings. The van der Waals surface area contributed by atoms with E-state index in [1.807, 2.05) is 17.8 Å². The maximum absolute atomic E-state index is 13.2. The number of hydrogen-bond acceptors (Lipinski definition) is 6. The van der Waals surface area contributed by atoms with Gasteiger partial charge in [0.15, 0.2) is 4.34 Å². The molecule has 1 aliphatic heterocycles. The fourth-order valence-electron chi connectivity index (χ4n) is 4.83. The number of carbonyl (C=O) groups excluding carboxylic acids is 1. The molecule has 2 heterocycles. The van der Waals surface area contributed by atoms with E-state index in [1.54, 1.807) is 11.3 Å².